The first-order chi connectivity index (χ1) is 14.0. The van der Waals surface area contributed by atoms with Crippen LogP contribution < -0.4 is 10.6 Å². The molecule has 2 amide bonds. The van der Waals surface area contributed by atoms with Crippen LogP contribution in [0.2, 0.25) is 10.0 Å². The summed E-state index contributed by atoms with van der Waals surface area (Å²) in [4.78, 5) is 28.1. The molecule has 0 unspecified atom stereocenters. The van der Waals surface area contributed by atoms with Gasteiger partial charge in [0.2, 0.25) is 5.91 Å². The monoisotopic (exact) mass is 431 g/mol. The van der Waals surface area contributed by atoms with E-state index in [1.165, 1.54) is 0 Å². The predicted octanol–water partition coefficient (Wildman–Crippen LogP) is 4.13. The van der Waals surface area contributed by atoms with Gasteiger partial charge in [-0.05, 0) is 48.5 Å². The average Bonchev–Trinajstić information content (AvgIpc) is 3.19. The molecule has 0 spiro atoms. The van der Waals surface area contributed by atoms with Gasteiger partial charge >= 0.3 is 0 Å². The molecular weight excluding hydrogens is 413 g/mol. The Balaban J connectivity index is 1.36. The number of carbonyl (C=O) groups excluding carboxylic acids is 2. The molecule has 3 aromatic rings. The van der Waals surface area contributed by atoms with Crippen LogP contribution >= 0.6 is 23.2 Å². The SMILES string of the molecule is O=C(CCc1ncc(-c2ccc(Cl)cc2)o1)NCCNC(=O)c1ccc(Cl)cc1. The smallest absolute Gasteiger partial charge is 0.251 e. The lowest BCUT2D eigenvalue weighted by atomic mass is 10.2. The maximum absolute atomic E-state index is 12.0. The first-order valence-electron chi connectivity index (χ1n) is 9.02. The van der Waals surface area contributed by atoms with Crippen molar-refractivity contribution in [2.24, 2.45) is 0 Å². The number of aromatic nitrogens is 1. The van der Waals surface area contributed by atoms with Gasteiger partial charge in [0.05, 0.1) is 6.20 Å². The van der Waals surface area contributed by atoms with Crippen LogP contribution in [-0.4, -0.2) is 29.9 Å². The maximum atomic E-state index is 12.0. The molecule has 150 valence electrons. The van der Waals surface area contributed by atoms with Crippen molar-refractivity contribution >= 4 is 35.0 Å². The number of carbonyl (C=O) groups is 2. The molecule has 2 aromatic carbocycles. The topological polar surface area (TPSA) is 84.2 Å². The Hall–Kier alpha value is -2.83. The summed E-state index contributed by atoms with van der Waals surface area (Å²) in [6, 6.07) is 13.8. The second-order valence-electron chi connectivity index (χ2n) is 6.24. The molecule has 0 radical (unpaired) electrons. The Morgan fingerprint density at radius 1 is 0.897 bits per heavy atom. The summed E-state index contributed by atoms with van der Waals surface area (Å²) >= 11 is 11.7. The molecule has 2 N–H and O–H groups in total. The van der Waals surface area contributed by atoms with Crippen LogP contribution in [0.25, 0.3) is 11.3 Å². The number of nitrogens with one attached hydrogen (secondary N) is 2. The lowest BCUT2D eigenvalue weighted by Gasteiger charge is -2.07. The van der Waals surface area contributed by atoms with Crippen LogP contribution in [0.3, 0.4) is 0 Å². The van der Waals surface area contributed by atoms with Gasteiger partial charge < -0.3 is 15.1 Å². The second kappa shape index (κ2) is 10.1. The molecular formula is C21H19Cl2N3O3. The second-order valence-corrected chi connectivity index (χ2v) is 7.11. The number of amides is 2. The standard InChI is InChI=1S/C21H19Cl2N3O3/c22-16-5-1-14(2-6-16)18-13-26-20(29-18)10-9-19(27)24-11-12-25-21(28)15-3-7-17(23)8-4-15/h1-8,13H,9-12H2,(H,24,27)(H,25,28). The number of hydrogen-bond donors (Lipinski definition) is 2. The molecule has 0 aliphatic rings. The number of aryl methyl sites for hydroxylation is 1. The summed E-state index contributed by atoms with van der Waals surface area (Å²) in [5.74, 6) is 0.755. The number of nitrogens with zero attached hydrogens (tertiary/aromatic N) is 1. The fourth-order valence-electron chi connectivity index (χ4n) is 2.56. The van der Waals surface area contributed by atoms with Crippen molar-refractivity contribution in [1.29, 1.82) is 0 Å². The van der Waals surface area contributed by atoms with Gasteiger partial charge in [-0.25, -0.2) is 4.98 Å². The van der Waals surface area contributed by atoms with Gasteiger partial charge in [-0.2, -0.15) is 0 Å². The summed E-state index contributed by atoms with van der Waals surface area (Å²) in [6.07, 6.45) is 2.25. The van der Waals surface area contributed by atoms with Crippen LogP contribution in [0.4, 0.5) is 0 Å². The lowest BCUT2D eigenvalue weighted by Crippen LogP contribution is -2.34. The average molecular weight is 432 g/mol. The summed E-state index contributed by atoms with van der Waals surface area (Å²) in [5.41, 5.74) is 1.38. The minimum atomic E-state index is -0.217. The Morgan fingerprint density at radius 3 is 2.21 bits per heavy atom. The molecule has 0 fully saturated rings. The minimum absolute atomic E-state index is 0.142. The van der Waals surface area contributed by atoms with Crippen molar-refractivity contribution in [3.63, 3.8) is 0 Å². The number of benzene rings is 2. The van der Waals surface area contributed by atoms with Crippen molar-refractivity contribution in [1.82, 2.24) is 15.6 Å². The van der Waals surface area contributed by atoms with E-state index in [2.05, 4.69) is 15.6 Å². The highest BCUT2D eigenvalue weighted by atomic mass is 35.5. The zero-order chi connectivity index (χ0) is 20.6. The first-order valence-corrected chi connectivity index (χ1v) is 9.78. The minimum Gasteiger partial charge on any atom is -0.441 e. The van der Waals surface area contributed by atoms with Gasteiger partial charge in [-0.15, -0.1) is 0 Å². The summed E-state index contributed by atoms with van der Waals surface area (Å²) in [6.45, 7) is 0.659. The van der Waals surface area contributed by atoms with Gasteiger partial charge in [-0.1, -0.05) is 23.2 Å². The third-order valence-electron chi connectivity index (χ3n) is 4.09. The lowest BCUT2D eigenvalue weighted by molar-refractivity contribution is -0.121. The third kappa shape index (κ3) is 6.34. The van der Waals surface area contributed by atoms with E-state index in [4.69, 9.17) is 27.6 Å². The Kier molecular flexibility index (Phi) is 7.27. The number of oxazole rings is 1. The number of rotatable bonds is 8. The summed E-state index contributed by atoms with van der Waals surface area (Å²) in [7, 11) is 0. The highest BCUT2D eigenvalue weighted by Crippen LogP contribution is 2.22. The van der Waals surface area contributed by atoms with E-state index in [0.717, 1.165) is 5.56 Å². The van der Waals surface area contributed by atoms with Gasteiger partial charge in [0, 0.05) is 47.1 Å². The predicted molar refractivity (Wildman–Crippen MR) is 112 cm³/mol. The highest BCUT2D eigenvalue weighted by molar-refractivity contribution is 6.30. The zero-order valence-electron chi connectivity index (χ0n) is 15.5. The number of halogens is 2. The molecule has 3 rings (SSSR count). The molecule has 0 aliphatic carbocycles. The molecule has 1 aromatic heterocycles. The van der Waals surface area contributed by atoms with Gasteiger partial charge in [0.25, 0.3) is 5.91 Å². The zero-order valence-corrected chi connectivity index (χ0v) is 17.0. The van der Waals surface area contributed by atoms with Gasteiger partial charge in [-0.3, -0.25) is 9.59 Å². The molecule has 0 saturated carbocycles. The largest absolute Gasteiger partial charge is 0.441 e. The quantitative estimate of drug-likeness (QED) is 0.525. The van der Waals surface area contributed by atoms with Crippen LogP contribution in [0.1, 0.15) is 22.7 Å². The molecule has 8 heteroatoms. The van der Waals surface area contributed by atoms with E-state index in [9.17, 15) is 9.59 Å². The Labute approximate surface area is 178 Å². The summed E-state index contributed by atoms with van der Waals surface area (Å²) in [5, 5.41) is 6.71. The Bertz CT molecular complexity index is 970. The van der Waals surface area contributed by atoms with E-state index >= 15 is 0 Å². The highest BCUT2D eigenvalue weighted by Gasteiger charge is 2.09. The van der Waals surface area contributed by atoms with Crippen LogP contribution in [-0.2, 0) is 11.2 Å². The van der Waals surface area contributed by atoms with E-state index < -0.39 is 0 Å². The van der Waals surface area contributed by atoms with Gasteiger partial charge in [0.1, 0.15) is 0 Å². The van der Waals surface area contributed by atoms with Crippen molar-refractivity contribution in [3.8, 4) is 11.3 Å². The fourth-order valence-corrected chi connectivity index (χ4v) is 2.82. The van der Waals surface area contributed by atoms with Crippen molar-refractivity contribution in [3.05, 3.63) is 76.2 Å². The molecule has 29 heavy (non-hydrogen) atoms. The van der Waals surface area contributed by atoms with Crippen LogP contribution in [0.15, 0.2) is 59.1 Å². The van der Waals surface area contributed by atoms with Crippen LogP contribution in [0, 0.1) is 0 Å². The fraction of sp³-hybridized carbons (Fsp3) is 0.190. The molecule has 6 nitrogen and oxygen atoms in total. The normalized spacial score (nSPS) is 10.6. The maximum Gasteiger partial charge on any atom is 0.251 e. The van der Waals surface area contributed by atoms with E-state index in [1.807, 2.05) is 12.1 Å². The van der Waals surface area contributed by atoms with Crippen molar-refractivity contribution < 1.29 is 14.0 Å². The molecule has 0 saturated heterocycles. The molecule has 1 heterocycles. The van der Waals surface area contributed by atoms with Crippen molar-refractivity contribution in [2.75, 3.05) is 13.1 Å². The summed E-state index contributed by atoms with van der Waals surface area (Å²) < 4.78 is 5.67. The molecule has 0 aliphatic heterocycles. The Morgan fingerprint density at radius 2 is 1.52 bits per heavy atom. The molecule has 0 atom stereocenters. The van der Waals surface area contributed by atoms with Crippen molar-refractivity contribution in [2.45, 2.75) is 12.8 Å². The van der Waals surface area contributed by atoms with Gasteiger partial charge in [0.15, 0.2) is 11.7 Å². The van der Waals surface area contributed by atoms with Crippen LogP contribution in [0.5, 0.6) is 0 Å². The van der Waals surface area contributed by atoms with E-state index in [-0.39, 0.29) is 18.2 Å². The van der Waals surface area contributed by atoms with E-state index in [1.54, 1.807) is 42.6 Å². The third-order valence-corrected chi connectivity index (χ3v) is 4.59. The first kappa shape index (κ1) is 20.9. The molecule has 0 bridgehead atoms. The van der Waals surface area contributed by atoms with E-state index in [0.29, 0.717) is 46.8 Å². The number of hydrogen-bond acceptors (Lipinski definition) is 4.